The predicted octanol–water partition coefficient (Wildman–Crippen LogP) is 2.79. The Hall–Kier alpha value is -1.92. The van der Waals surface area contributed by atoms with Gasteiger partial charge in [-0.15, -0.1) is 11.3 Å². The number of nitrogens with zero attached hydrogens (tertiary/aromatic N) is 3. The molecule has 0 radical (unpaired) electrons. The van der Waals surface area contributed by atoms with E-state index in [9.17, 15) is 4.79 Å². The number of aryl methyl sites for hydroxylation is 3. The van der Waals surface area contributed by atoms with Gasteiger partial charge in [0.15, 0.2) is 6.61 Å². The zero-order valence-corrected chi connectivity index (χ0v) is 15.9. The Bertz CT molecular complexity index is 736. The van der Waals surface area contributed by atoms with Crippen molar-refractivity contribution < 1.29 is 9.53 Å². The van der Waals surface area contributed by atoms with Crippen LogP contribution in [0.5, 0.6) is 5.75 Å². The molecular formula is C19H25N3O2S. The monoisotopic (exact) mass is 359 g/mol. The van der Waals surface area contributed by atoms with Crippen molar-refractivity contribution in [2.45, 2.75) is 27.3 Å². The van der Waals surface area contributed by atoms with Crippen molar-refractivity contribution in [1.29, 1.82) is 0 Å². The van der Waals surface area contributed by atoms with Gasteiger partial charge in [-0.25, -0.2) is 4.98 Å². The SMILES string of the molecule is Cc1ccc(C)c(OCC(=O)N2CCN(Cc3csc(C)n3)CC2)c1. The molecule has 1 aromatic carbocycles. The average molecular weight is 359 g/mol. The van der Waals surface area contributed by atoms with E-state index < -0.39 is 0 Å². The molecule has 3 rings (SSSR count). The van der Waals surface area contributed by atoms with Crippen molar-refractivity contribution in [3.05, 3.63) is 45.4 Å². The molecule has 0 atom stereocenters. The molecule has 1 fully saturated rings. The summed E-state index contributed by atoms with van der Waals surface area (Å²) in [5.74, 6) is 0.857. The Morgan fingerprint density at radius 3 is 2.64 bits per heavy atom. The lowest BCUT2D eigenvalue weighted by molar-refractivity contribution is -0.135. The number of hydrogen-bond donors (Lipinski definition) is 0. The average Bonchev–Trinajstić information content (AvgIpc) is 3.01. The fourth-order valence-electron chi connectivity index (χ4n) is 2.96. The summed E-state index contributed by atoms with van der Waals surface area (Å²) in [5, 5.41) is 3.22. The third-order valence-electron chi connectivity index (χ3n) is 4.47. The molecule has 1 aromatic heterocycles. The number of piperazine rings is 1. The molecule has 0 aliphatic carbocycles. The lowest BCUT2D eigenvalue weighted by Crippen LogP contribution is -2.49. The summed E-state index contributed by atoms with van der Waals surface area (Å²) in [4.78, 5) is 21.2. The third kappa shape index (κ3) is 4.80. The van der Waals surface area contributed by atoms with Gasteiger partial charge in [0.25, 0.3) is 5.91 Å². The van der Waals surface area contributed by atoms with Crippen LogP contribution in [-0.2, 0) is 11.3 Å². The van der Waals surface area contributed by atoms with E-state index >= 15 is 0 Å². The van der Waals surface area contributed by atoms with Gasteiger partial charge < -0.3 is 9.64 Å². The second-order valence-electron chi connectivity index (χ2n) is 6.57. The zero-order valence-electron chi connectivity index (χ0n) is 15.1. The van der Waals surface area contributed by atoms with Crippen molar-refractivity contribution in [2.75, 3.05) is 32.8 Å². The maximum absolute atomic E-state index is 12.4. The molecule has 2 aromatic rings. The van der Waals surface area contributed by atoms with Crippen molar-refractivity contribution in [3.63, 3.8) is 0 Å². The highest BCUT2D eigenvalue weighted by Crippen LogP contribution is 2.19. The van der Waals surface area contributed by atoms with Crippen LogP contribution in [0.2, 0.25) is 0 Å². The van der Waals surface area contributed by atoms with Crippen LogP contribution in [-0.4, -0.2) is 53.5 Å². The number of ether oxygens (including phenoxy) is 1. The molecule has 1 aliphatic rings. The number of rotatable bonds is 5. The largest absolute Gasteiger partial charge is 0.483 e. The van der Waals surface area contributed by atoms with Crippen molar-refractivity contribution >= 4 is 17.2 Å². The Kier molecular flexibility index (Phi) is 5.71. The topological polar surface area (TPSA) is 45.7 Å². The molecule has 1 aliphatic heterocycles. The first-order valence-electron chi connectivity index (χ1n) is 8.62. The first-order valence-corrected chi connectivity index (χ1v) is 9.50. The van der Waals surface area contributed by atoms with Gasteiger partial charge in [-0.1, -0.05) is 12.1 Å². The highest BCUT2D eigenvalue weighted by Gasteiger charge is 2.22. The number of hydrogen-bond acceptors (Lipinski definition) is 5. The van der Waals surface area contributed by atoms with E-state index in [1.54, 1.807) is 11.3 Å². The molecule has 6 heteroatoms. The van der Waals surface area contributed by atoms with Crippen molar-refractivity contribution in [2.24, 2.45) is 0 Å². The van der Waals surface area contributed by atoms with E-state index in [0.717, 1.165) is 60.3 Å². The molecule has 0 unspecified atom stereocenters. The highest BCUT2D eigenvalue weighted by molar-refractivity contribution is 7.09. The lowest BCUT2D eigenvalue weighted by atomic mass is 10.1. The van der Waals surface area contributed by atoms with Gasteiger partial charge in [-0.3, -0.25) is 9.69 Å². The van der Waals surface area contributed by atoms with Crippen LogP contribution in [0.1, 0.15) is 21.8 Å². The van der Waals surface area contributed by atoms with Crippen LogP contribution in [0.15, 0.2) is 23.6 Å². The molecular weight excluding hydrogens is 334 g/mol. The van der Waals surface area contributed by atoms with Gasteiger partial charge in [0.1, 0.15) is 5.75 Å². The molecule has 0 spiro atoms. The minimum Gasteiger partial charge on any atom is -0.483 e. The first-order chi connectivity index (χ1) is 12.0. The molecule has 25 heavy (non-hydrogen) atoms. The van der Waals surface area contributed by atoms with E-state index in [1.165, 1.54) is 0 Å². The smallest absolute Gasteiger partial charge is 0.260 e. The molecule has 0 N–H and O–H groups in total. The molecule has 2 heterocycles. The Morgan fingerprint density at radius 1 is 1.20 bits per heavy atom. The van der Waals surface area contributed by atoms with Crippen LogP contribution in [0, 0.1) is 20.8 Å². The summed E-state index contributed by atoms with van der Waals surface area (Å²) in [5.41, 5.74) is 3.32. The second-order valence-corrected chi connectivity index (χ2v) is 7.63. The van der Waals surface area contributed by atoms with Crippen LogP contribution in [0.4, 0.5) is 0 Å². The zero-order chi connectivity index (χ0) is 17.8. The van der Waals surface area contributed by atoms with E-state index in [0.29, 0.717) is 0 Å². The fourth-order valence-corrected chi connectivity index (χ4v) is 3.56. The number of amides is 1. The first kappa shape index (κ1) is 17.9. The molecule has 1 saturated heterocycles. The highest BCUT2D eigenvalue weighted by atomic mass is 32.1. The Labute approximate surface area is 153 Å². The molecule has 134 valence electrons. The van der Waals surface area contributed by atoms with E-state index in [1.807, 2.05) is 43.9 Å². The van der Waals surface area contributed by atoms with Gasteiger partial charge in [-0.2, -0.15) is 0 Å². The summed E-state index contributed by atoms with van der Waals surface area (Å²) in [6, 6.07) is 6.05. The predicted molar refractivity (Wildman–Crippen MR) is 100 cm³/mol. The Balaban J connectivity index is 1.46. The summed E-state index contributed by atoms with van der Waals surface area (Å²) in [7, 11) is 0. The van der Waals surface area contributed by atoms with E-state index in [-0.39, 0.29) is 12.5 Å². The van der Waals surface area contributed by atoms with Gasteiger partial charge >= 0.3 is 0 Å². The van der Waals surface area contributed by atoms with Gasteiger partial charge in [0.05, 0.1) is 10.7 Å². The van der Waals surface area contributed by atoms with Gasteiger partial charge in [0.2, 0.25) is 0 Å². The summed E-state index contributed by atoms with van der Waals surface area (Å²) in [6.45, 7) is 10.3. The van der Waals surface area contributed by atoms with Crippen LogP contribution >= 0.6 is 11.3 Å². The van der Waals surface area contributed by atoms with Gasteiger partial charge in [0, 0.05) is 38.1 Å². The number of carbonyl (C=O) groups is 1. The quantitative estimate of drug-likeness (QED) is 0.824. The summed E-state index contributed by atoms with van der Waals surface area (Å²) >= 11 is 1.69. The molecule has 5 nitrogen and oxygen atoms in total. The standard InChI is InChI=1S/C19H25N3O2S/c1-14-4-5-15(2)18(10-14)24-12-19(23)22-8-6-21(7-9-22)11-17-13-25-16(3)20-17/h4-5,10,13H,6-9,11-12H2,1-3H3. The van der Waals surface area contributed by atoms with Crippen molar-refractivity contribution in [1.82, 2.24) is 14.8 Å². The third-order valence-corrected chi connectivity index (χ3v) is 5.29. The van der Waals surface area contributed by atoms with Crippen LogP contribution in [0.3, 0.4) is 0 Å². The van der Waals surface area contributed by atoms with Crippen LogP contribution < -0.4 is 4.74 Å². The molecule has 1 amide bonds. The summed E-state index contributed by atoms with van der Waals surface area (Å²) < 4.78 is 5.74. The normalized spacial score (nSPS) is 15.4. The molecule has 0 saturated carbocycles. The fraction of sp³-hybridized carbons (Fsp3) is 0.474. The summed E-state index contributed by atoms with van der Waals surface area (Å²) in [6.07, 6.45) is 0. The number of aromatic nitrogens is 1. The number of carbonyl (C=O) groups excluding carboxylic acids is 1. The maximum Gasteiger partial charge on any atom is 0.260 e. The van der Waals surface area contributed by atoms with Crippen LogP contribution in [0.25, 0.3) is 0 Å². The number of benzene rings is 1. The second kappa shape index (κ2) is 7.97. The van der Waals surface area contributed by atoms with E-state index in [4.69, 9.17) is 4.74 Å². The lowest BCUT2D eigenvalue weighted by Gasteiger charge is -2.34. The maximum atomic E-state index is 12.4. The Morgan fingerprint density at radius 2 is 1.96 bits per heavy atom. The minimum absolute atomic E-state index is 0.0602. The minimum atomic E-state index is 0.0602. The van der Waals surface area contributed by atoms with Crippen molar-refractivity contribution in [3.8, 4) is 5.75 Å². The molecule has 0 bridgehead atoms. The number of thiazole rings is 1. The van der Waals surface area contributed by atoms with Gasteiger partial charge in [-0.05, 0) is 38.0 Å². The van der Waals surface area contributed by atoms with E-state index in [2.05, 4.69) is 15.3 Å².